The van der Waals surface area contributed by atoms with Crippen LogP contribution in [-0.2, 0) is 0 Å². The smallest absolute Gasteiger partial charge is 0.0267 e. The molecule has 1 rings (SSSR count). The van der Waals surface area contributed by atoms with Crippen molar-refractivity contribution in [2.45, 2.75) is 0 Å². The normalized spacial score (nSPS) is 6.86. The van der Waals surface area contributed by atoms with Crippen molar-refractivity contribution in [3.63, 3.8) is 0 Å². The summed E-state index contributed by atoms with van der Waals surface area (Å²) >= 11 is 0. The van der Waals surface area contributed by atoms with Crippen LogP contribution in [0.2, 0.25) is 0 Å². The molecule has 0 saturated carbocycles. The van der Waals surface area contributed by atoms with Crippen molar-refractivity contribution in [3.05, 3.63) is 30.6 Å². The third-order valence-corrected chi connectivity index (χ3v) is 0.566. The summed E-state index contributed by atoms with van der Waals surface area (Å²) in [5.74, 6) is 0. The molecule has 0 bridgehead atoms. The third-order valence-electron chi connectivity index (χ3n) is 0.566. The van der Waals surface area contributed by atoms with Crippen LogP contribution in [0.15, 0.2) is 30.6 Å². The van der Waals surface area contributed by atoms with Gasteiger partial charge in [-0.2, -0.15) is 0 Å². The van der Waals surface area contributed by atoms with Crippen LogP contribution in [0, 0.1) is 0 Å². The fourth-order valence-corrected chi connectivity index (χ4v) is 0.313. The summed E-state index contributed by atoms with van der Waals surface area (Å²) in [6.07, 6.45) is 3.50. The summed E-state index contributed by atoms with van der Waals surface area (Å²) in [6.45, 7) is 0. The molecule has 1 aromatic rings. The molecule has 0 N–H and O–H groups in total. The molecule has 0 atom stereocenters. The first-order chi connectivity index (χ1) is 3.00. The minimum Gasteiger partial charge on any atom is -0.265 e. The van der Waals surface area contributed by atoms with Crippen molar-refractivity contribution in [1.29, 1.82) is 0 Å². The molecule has 0 aromatic carbocycles. The van der Waals surface area contributed by atoms with Gasteiger partial charge in [-0.15, -0.1) is 0 Å². The van der Waals surface area contributed by atoms with E-state index in [9.17, 15) is 0 Å². The van der Waals surface area contributed by atoms with Crippen molar-refractivity contribution in [2.24, 2.45) is 0 Å². The highest BCUT2D eigenvalue weighted by atomic mass is 32.1. The molecule has 1 heterocycles. The average Bonchev–Trinajstić information content (AvgIpc) is 1.72. The summed E-state index contributed by atoms with van der Waals surface area (Å²) in [5.41, 5.74) is 0. The van der Waals surface area contributed by atoms with E-state index in [0.29, 0.717) is 0 Å². The van der Waals surface area contributed by atoms with Crippen molar-refractivity contribution < 1.29 is 0 Å². The molecule has 0 fully saturated rings. The molecule has 0 amide bonds. The second kappa shape index (κ2) is 3.68. The van der Waals surface area contributed by atoms with E-state index < -0.39 is 0 Å². The number of hydrogen-bond acceptors (Lipinski definition) is 1. The van der Waals surface area contributed by atoms with Crippen molar-refractivity contribution in [3.8, 4) is 0 Å². The number of aromatic nitrogens is 1. The second-order valence-electron chi connectivity index (χ2n) is 1.02. The molecule has 0 spiro atoms. The number of pyridine rings is 1. The summed E-state index contributed by atoms with van der Waals surface area (Å²) in [6, 6.07) is 5.72. The van der Waals surface area contributed by atoms with Crippen LogP contribution in [0.4, 0.5) is 0 Å². The van der Waals surface area contributed by atoms with E-state index in [4.69, 9.17) is 0 Å². The Morgan fingerprint density at radius 2 is 1.43 bits per heavy atom. The Balaban J connectivity index is 0.000000360. The molecule has 0 unspecified atom stereocenters. The van der Waals surface area contributed by atoms with Gasteiger partial charge in [-0.05, 0) is 12.1 Å². The van der Waals surface area contributed by atoms with E-state index in [1.807, 2.05) is 18.2 Å². The monoisotopic (exact) mass is 111 g/mol. The van der Waals surface area contributed by atoms with Gasteiger partial charge in [0.2, 0.25) is 0 Å². The molecule has 1 nitrogen and oxygen atoms in total. The average molecular weight is 111 g/mol. The minimum absolute atomic E-state index is 0. The van der Waals surface area contributed by atoms with Gasteiger partial charge >= 0.3 is 0 Å². The maximum absolute atomic E-state index is 3.78. The van der Waals surface area contributed by atoms with Gasteiger partial charge in [-0.1, -0.05) is 6.07 Å². The Bertz CT molecular complexity index is 80.0. The molecule has 0 aliphatic carbocycles. The maximum Gasteiger partial charge on any atom is 0.0267 e. The first kappa shape index (κ1) is 6.50. The molecule has 1 aromatic heterocycles. The quantitative estimate of drug-likeness (QED) is 0.497. The highest BCUT2D eigenvalue weighted by Crippen LogP contribution is 1.73. The first-order valence-corrected chi connectivity index (χ1v) is 1.85. The first-order valence-electron chi connectivity index (χ1n) is 1.85. The van der Waals surface area contributed by atoms with Crippen LogP contribution >= 0.6 is 13.5 Å². The number of nitrogens with zero attached hydrogens (tertiary/aromatic N) is 1. The minimum atomic E-state index is 0. The molecule has 2 radical (unpaired) electrons. The summed E-state index contributed by atoms with van der Waals surface area (Å²) < 4.78 is 0. The lowest BCUT2D eigenvalue weighted by Crippen LogP contribution is -1.58. The second-order valence-corrected chi connectivity index (χ2v) is 1.02. The van der Waals surface area contributed by atoms with Crippen LogP contribution < -0.4 is 0 Å². The summed E-state index contributed by atoms with van der Waals surface area (Å²) in [5, 5.41) is 0. The van der Waals surface area contributed by atoms with Crippen molar-refractivity contribution >= 4 is 13.5 Å². The topological polar surface area (TPSA) is 12.9 Å². The van der Waals surface area contributed by atoms with E-state index in [1.54, 1.807) is 12.4 Å². The van der Waals surface area contributed by atoms with Gasteiger partial charge in [0.15, 0.2) is 0 Å². The summed E-state index contributed by atoms with van der Waals surface area (Å²) in [4.78, 5) is 3.78. The Morgan fingerprint density at radius 1 is 0.857 bits per heavy atom. The highest BCUT2D eigenvalue weighted by Gasteiger charge is 1.58. The predicted octanol–water partition coefficient (Wildman–Crippen LogP) is 1.73. The van der Waals surface area contributed by atoms with Crippen molar-refractivity contribution in [1.82, 2.24) is 4.98 Å². The van der Waals surface area contributed by atoms with Crippen LogP contribution in [-0.4, -0.2) is 4.98 Å². The molecule has 36 valence electrons. The van der Waals surface area contributed by atoms with Gasteiger partial charge in [0, 0.05) is 25.9 Å². The highest BCUT2D eigenvalue weighted by molar-refractivity contribution is 7.59. The largest absolute Gasteiger partial charge is 0.265 e. The lowest BCUT2D eigenvalue weighted by molar-refractivity contribution is 1.33. The number of hydrogen-bond donors (Lipinski definition) is 0. The van der Waals surface area contributed by atoms with Crippen LogP contribution in [0.5, 0.6) is 0 Å². The SMILES string of the molecule is [S].c1ccncc1. The van der Waals surface area contributed by atoms with E-state index in [1.165, 1.54) is 0 Å². The van der Waals surface area contributed by atoms with Crippen LogP contribution in [0.25, 0.3) is 0 Å². The Hall–Kier alpha value is -0.500. The van der Waals surface area contributed by atoms with Gasteiger partial charge in [-0.25, -0.2) is 0 Å². The lowest BCUT2D eigenvalue weighted by Gasteiger charge is -1.70. The van der Waals surface area contributed by atoms with E-state index in [-0.39, 0.29) is 13.5 Å². The Morgan fingerprint density at radius 3 is 1.57 bits per heavy atom. The van der Waals surface area contributed by atoms with Crippen molar-refractivity contribution in [2.75, 3.05) is 0 Å². The molecule has 0 aliphatic rings. The maximum atomic E-state index is 3.78. The van der Waals surface area contributed by atoms with Gasteiger partial charge in [-0.3, -0.25) is 4.98 Å². The summed E-state index contributed by atoms with van der Waals surface area (Å²) in [7, 11) is 0. The zero-order chi connectivity index (χ0) is 4.24. The Kier molecular flexibility index (Phi) is 3.42. The van der Waals surface area contributed by atoms with Gasteiger partial charge < -0.3 is 0 Å². The molecule has 0 saturated heterocycles. The zero-order valence-electron chi connectivity index (χ0n) is 3.74. The standard InChI is InChI=1S/C5H5N.S/c1-2-4-6-5-3-1;/h1-5H;. The molecular formula is C5H5NS. The van der Waals surface area contributed by atoms with E-state index in [0.717, 1.165) is 0 Å². The molecule has 2 heteroatoms. The fraction of sp³-hybridized carbons (Fsp3) is 0. The van der Waals surface area contributed by atoms with Gasteiger partial charge in [0.05, 0.1) is 0 Å². The van der Waals surface area contributed by atoms with Crippen LogP contribution in [0.1, 0.15) is 0 Å². The van der Waals surface area contributed by atoms with E-state index in [2.05, 4.69) is 4.98 Å². The van der Waals surface area contributed by atoms with Crippen LogP contribution in [0.3, 0.4) is 0 Å². The fourth-order valence-electron chi connectivity index (χ4n) is 0.313. The molecule has 0 aliphatic heterocycles. The molecule has 7 heavy (non-hydrogen) atoms. The number of rotatable bonds is 0. The van der Waals surface area contributed by atoms with E-state index >= 15 is 0 Å². The van der Waals surface area contributed by atoms with Gasteiger partial charge in [0.25, 0.3) is 0 Å². The predicted molar refractivity (Wildman–Crippen MR) is 31.8 cm³/mol. The third kappa shape index (κ3) is 2.23. The van der Waals surface area contributed by atoms with Gasteiger partial charge in [0.1, 0.15) is 0 Å². The lowest BCUT2D eigenvalue weighted by atomic mass is 10.5. The zero-order valence-corrected chi connectivity index (χ0v) is 4.56. The Labute approximate surface area is 49.8 Å². The molecular weight excluding hydrogens is 106 g/mol.